The van der Waals surface area contributed by atoms with Gasteiger partial charge in [0.1, 0.15) is 0 Å². The highest BCUT2D eigenvalue weighted by molar-refractivity contribution is 7.92. The molecule has 1 heterocycles. The molecular weight excluding hydrogens is 288 g/mol. The monoisotopic (exact) mass is 310 g/mol. The maximum atomic E-state index is 12.0. The normalized spacial score (nSPS) is 17.7. The molecule has 0 aliphatic carbocycles. The van der Waals surface area contributed by atoms with E-state index < -0.39 is 10.0 Å². The Morgan fingerprint density at radius 2 is 2.05 bits per heavy atom. The van der Waals surface area contributed by atoms with Crippen molar-refractivity contribution in [3.8, 4) is 0 Å². The average molecular weight is 310 g/mol. The van der Waals surface area contributed by atoms with Crippen molar-refractivity contribution in [1.82, 2.24) is 0 Å². The van der Waals surface area contributed by atoms with Gasteiger partial charge in [0.25, 0.3) is 0 Å². The van der Waals surface area contributed by atoms with Crippen LogP contribution in [0.1, 0.15) is 45.1 Å². The first-order chi connectivity index (χ1) is 9.84. The van der Waals surface area contributed by atoms with E-state index in [4.69, 9.17) is 0 Å². The number of sulfonamides is 1. The lowest BCUT2D eigenvalue weighted by atomic mass is 9.89. The van der Waals surface area contributed by atoms with Crippen molar-refractivity contribution in [3.05, 3.63) is 23.8 Å². The maximum Gasteiger partial charge on any atom is 0.232 e. The van der Waals surface area contributed by atoms with E-state index >= 15 is 0 Å². The van der Waals surface area contributed by atoms with Crippen molar-refractivity contribution in [3.63, 3.8) is 0 Å². The van der Waals surface area contributed by atoms with E-state index in [9.17, 15) is 13.2 Å². The van der Waals surface area contributed by atoms with Crippen LogP contribution in [0.5, 0.6) is 0 Å². The first-order valence-corrected chi connectivity index (χ1v) is 8.94. The summed E-state index contributed by atoms with van der Waals surface area (Å²) in [4.78, 5) is 12.0. The quantitative estimate of drug-likeness (QED) is 0.848. The van der Waals surface area contributed by atoms with E-state index in [0.717, 1.165) is 17.7 Å². The van der Waals surface area contributed by atoms with Gasteiger partial charge < -0.3 is 5.32 Å². The van der Waals surface area contributed by atoms with Crippen molar-refractivity contribution >= 4 is 27.3 Å². The summed E-state index contributed by atoms with van der Waals surface area (Å²) in [5.41, 5.74) is 2.16. The third-order valence-corrected chi connectivity index (χ3v) is 5.01. The summed E-state index contributed by atoms with van der Waals surface area (Å²) in [5, 5.41) is 2.84. The molecule has 0 saturated heterocycles. The fourth-order valence-corrected chi connectivity index (χ4v) is 3.83. The zero-order valence-electron chi connectivity index (χ0n) is 12.6. The fourth-order valence-electron chi connectivity index (χ4n) is 2.58. The minimum atomic E-state index is -3.32. The lowest BCUT2D eigenvalue weighted by Gasteiger charge is -2.14. The van der Waals surface area contributed by atoms with E-state index in [1.54, 1.807) is 18.2 Å². The molecule has 1 amide bonds. The second-order valence-electron chi connectivity index (χ2n) is 5.79. The summed E-state index contributed by atoms with van der Waals surface area (Å²) < 4.78 is 26.5. The molecule has 0 fully saturated rings. The SMILES string of the molecule is CCCCS(=O)(=O)Nc1ccc2c(c1)C(C(C)C)C(=O)N2. The minimum Gasteiger partial charge on any atom is -0.325 e. The van der Waals surface area contributed by atoms with Crippen LogP contribution in [0.2, 0.25) is 0 Å². The summed E-state index contributed by atoms with van der Waals surface area (Å²) in [6, 6.07) is 5.21. The molecular formula is C15H22N2O3S. The molecule has 0 aromatic heterocycles. The van der Waals surface area contributed by atoms with E-state index in [1.165, 1.54) is 0 Å². The van der Waals surface area contributed by atoms with E-state index in [2.05, 4.69) is 10.0 Å². The van der Waals surface area contributed by atoms with Gasteiger partial charge in [0.15, 0.2) is 0 Å². The van der Waals surface area contributed by atoms with Gasteiger partial charge >= 0.3 is 0 Å². The Morgan fingerprint density at radius 3 is 2.67 bits per heavy atom. The van der Waals surface area contributed by atoms with Crippen LogP contribution < -0.4 is 10.0 Å². The number of amides is 1. The standard InChI is InChI=1S/C15H22N2O3S/c1-4-5-8-21(19,20)17-11-6-7-13-12(9-11)14(10(2)3)15(18)16-13/h6-7,9-10,14,17H,4-5,8H2,1-3H3,(H,16,18). The van der Waals surface area contributed by atoms with Gasteiger partial charge in [0.2, 0.25) is 15.9 Å². The van der Waals surface area contributed by atoms with E-state index in [-0.39, 0.29) is 23.5 Å². The van der Waals surface area contributed by atoms with E-state index in [0.29, 0.717) is 12.1 Å². The van der Waals surface area contributed by atoms with Gasteiger partial charge in [-0.25, -0.2) is 8.42 Å². The van der Waals surface area contributed by atoms with Gasteiger partial charge in [-0.15, -0.1) is 0 Å². The Balaban J connectivity index is 2.24. The van der Waals surface area contributed by atoms with Crippen LogP contribution in [0.25, 0.3) is 0 Å². The topological polar surface area (TPSA) is 75.3 Å². The molecule has 5 nitrogen and oxygen atoms in total. The Morgan fingerprint density at radius 1 is 1.33 bits per heavy atom. The summed E-state index contributed by atoms with van der Waals surface area (Å²) >= 11 is 0. The number of benzene rings is 1. The second kappa shape index (κ2) is 6.05. The molecule has 1 unspecified atom stereocenters. The maximum absolute atomic E-state index is 12.0. The highest BCUT2D eigenvalue weighted by Gasteiger charge is 2.33. The van der Waals surface area contributed by atoms with Crippen LogP contribution in [0, 0.1) is 5.92 Å². The molecule has 1 aromatic rings. The average Bonchev–Trinajstić information content (AvgIpc) is 2.71. The Hall–Kier alpha value is -1.56. The summed E-state index contributed by atoms with van der Waals surface area (Å²) in [6.07, 6.45) is 1.47. The largest absolute Gasteiger partial charge is 0.325 e. The molecule has 6 heteroatoms. The van der Waals surface area contributed by atoms with Crippen molar-refractivity contribution in [2.45, 2.75) is 39.5 Å². The van der Waals surface area contributed by atoms with Gasteiger partial charge in [-0.2, -0.15) is 0 Å². The van der Waals surface area contributed by atoms with Gasteiger partial charge in [0.05, 0.1) is 11.7 Å². The molecule has 0 bridgehead atoms. The van der Waals surface area contributed by atoms with Crippen LogP contribution in [0.3, 0.4) is 0 Å². The minimum absolute atomic E-state index is 0.0222. The molecule has 1 aliphatic rings. The molecule has 2 N–H and O–H groups in total. The molecule has 116 valence electrons. The highest BCUT2D eigenvalue weighted by atomic mass is 32.2. The zero-order chi connectivity index (χ0) is 15.6. The number of hydrogen-bond acceptors (Lipinski definition) is 3. The Labute approximate surface area is 126 Å². The van der Waals surface area contributed by atoms with Crippen LogP contribution in [0.4, 0.5) is 11.4 Å². The number of carbonyl (C=O) groups is 1. The molecule has 21 heavy (non-hydrogen) atoms. The number of fused-ring (bicyclic) bond motifs is 1. The summed E-state index contributed by atoms with van der Waals surface area (Å²) in [5.74, 6) is 0.0371. The lowest BCUT2D eigenvalue weighted by Crippen LogP contribution is -2.17. The molecule has 1 aromatic carbocycles. The Bertz CT molecular complexity index is 638. The summed E-state index contributed by atoms with van der Waals surface area (Å²) in [6.45, 7) is 5.92. The number of rotatable bonds is 6. The third kappa shape index (κ3) is 3.56. The van der Waals surface area contributed by atoms with Gasteiger partial charge in [-0.3, -0.25) is 9.52 Å². The van der Waals surface area contributed by atoms with E-state index in [1.807, 2.05) is 20.8 Å². The number of hydrogen-bond donors (Lipinski definition) is 2. The molecule has 0 radical (unpaired) electrons. The molecule has 1 aliphatic heterocycles. The van der Waals surface area contributed by atoms with Crippen LogP contribution in [-0.4, -0.2) is 20.1 Å². The second-order valence-corrected chi connectivity index (χ2v) is 7.63. The predicted molar refractivity (Wildman–Crippen MR) is 85.0 cm³/mol. The predicted octanol–water partition coefficient (Wildman–Crippen LogP) is 2.92. The number of unbranched alkanes of at least 4 members (excludes halogenated alkanes) is 1. The molecule has 0 saturated carbocycles. The van der Waals surface area contributed by atoms with Crippen LogP contribution in [0.15, 0.2) is 18.2 Å². The van der Waals surface area contributed by atoms with Crippen LogP contribution >= 0.6 is 0 Å². The smallest absolute Gasteiger partial charge is 0.232 e. The number of nitrogens with one attached hydrogen (secondary N) is 2. The van der Waals surface area contributed by atoms with Gasteiger partial charge in [-0.1, -0.05) is 27.2 Å². The number of anilines is 2. The van der Waals surface area contributed by atoms with Gasteiger partial charge in [-0.05, 0) is 36.1 Å². The van der Waals surface area contributed by atoms with Crippen molar-refractivity contribution in [1.29, 1.82) is 0 Å². The first-order valence-electron chi connectivity index (χ1n) is 7.29. The number of carbonyl (C=O) groups excluding carboxylic acids is 1. The van der Waals surface area contributed by atoms with Crippen molar-refractivity contribution < 1.29 is 13.2 Å². The first kappa shape index (κ1) is 15.8. The Kier molecular flexibility index (Phi) is 4.56. The molecule has 1 atom stereocenters. The van der Waals surface area contributed by atoms with Crippen LogP contribution in [-0.2, 0) is 14.8 Å². The zero-order valence-corrected chi connectivity index (χ0v) is 13.5. The van der Waals surface area contributed by atoms with Crippen molar-refractivity contribution in [2.24, 2.45) is 5.92 Å². The fraction of sp³-hybridized carbons (Fsp3) is 0.533. The van der Waals surface area contributed by atoms with Gasteiger partial charge in [0, 0.05) is 11.4 Å². The van der Waals surface area contributed by atoms with Crippen molar-refractivity contribution in [2.75, 3.05) is 15.8 Å². The molecule has 0 spiro atoms. The summed E-state index contributed by atoms with van der Waals surface area (Å²) in [7, 11) is -3.32. The lowest BCUT2D eigenvalue weighted by molar-refractivity contribution is -0.117. The third-order valence-electron chi connectivity index (χ3n) is 3.63. The highest BCUT2D eigenvalue weighted by Crippen LogP contribution is 2.38. The molecule has 2 rings (SSSR count).